The molecule has 0 atom stereocenters. The number of aromatic nitrogens is 3. The van der Waals surface area contributed by atoms with E-state index in [9.17, 15) is 4.79 Å². The third-order valence-corrected chi connectivity index (χ3v) is 4.86. The van der Waals surface area contributed by atoms with Crippen LogP contribution in [0.25, 0.3) is 22.3 Å². The van der Waals surface area contributed by atoms with Gasteiger partial charge in [0.15, 0.2) is 6.79 Å². The number of nitrogens with one attached hydrogen (secondary N) is 1. The minimum absolute atomic E-state index is 0.162. The van der Waals surface area contributed by atoms with Crippen molar-refractivity contribution in [3.05, 3.63) is 42.1 Å². The van der Waals surface area contributed by atoms with E-state index in [-0.39, 0.29) is 18.8 Å². The van der Waals surface area contributed by atoms with Crippen molar-refractivity contribution in [2.75, 3.05) is 27.0 Å². The van der Waals surface area contributed by atoms with Crippen LogP contribution >= 0.6 is 0 Å². The number of rotatable bonds is 5. The van der Waals surface area contributed by atoms with Gasteiger partial charge in [-0.1, -0.05) is 12.1 Å². The van der Waals surface area contributed by atoms with E-state index in [1.165, 1.54) is 0 Å². The zero-order valence-electron chi connectivity index (χ0n) is 17.6. The van der Waals surface area contributed by atoms with E-state index >= 15 is 0 Å². The summed E-state index contributed by atoms with van der Waals surface area (Å²) in [5.41, 5.74) is 3.80. The molecule has 1 amide bonds. The van der Waals surface area contributed by atoms with Crippen LogP contribution in [0.2, 0.25) is 0 Å². The minimum atomic E-state index is -0.488. The monoisotopic (exact) mass is 410 g/mol. The van der Waals surface area contributed by atoms with Crippen LogP contribution in [0.15, 0.2) is 36.4 Å². The third kappa shape index (κ3) is 4.23. The number of benzene rings is 1. The number of fused-ring (bicyclic) bond motifs is 1. The first-order valence-corrected chi connectivity index (χ1v) is 9.89. The molecule has 8 heteroatoms. The zero-order chi connectivity index (χ0) is 21.3. The normalized spacial score (nSPS) is 14.6. The molecule has 3 heterocycles. The summed E-state index contributed by atoms with van der Waals surface area (Å²) in [6.07, 6.45) is -0.274. The number of hydrogen-bond acceptors (Lipinski definition) is 6. The van der Waals surface area contributed by atoms with Crippen molar-refractivity contribution in [1.82, 2.24) is 20.1 Å². The Hall–Kier alpha value is -3.13. The molecular weight excluding hydrogens is 384 g/mol. The molecule has 30 heavy (non-hydrogen) atoms. The Kier molecular flexibility index (Phi) is 5.34. The Bertz CT molecular complexity index is 1050. The van der Waals surface area contributed by atoms with E-state index in [1.807, 2.05) is 57.2 Å². The smallest absolute Gasteiger partial charge is 0.410 e. The van der Waals surface area contributed by atoms with Crippen molar-refractivity contribution in [2.45, 2.75) is 32.3 Å². The first-order chi connectivity index (χ1) is 14.3. The quantitative estimate of drug-likeness (QED) is 0.641. The molecule has 0 unspecified atom stereocenters. The summed E-state index contributed by atoms with van der Waals surface area (Å²) in [4.78, 5) is 17.3. The first-order valence-electron chi connectivity index (χ1n) is 9.89. The minimum Gasteiger partial charge on any atom is -0.467 e. The summed E-state index contributed by atoms with van der Waals surface area (Å²) in [6.45, 7) is 7.01. The van der Waals surface area contributed by atoms with E-state index in [1.54, 1.807) is 12.0 Å². The molecule has 158 valence electrons. The van der Waals surface area contributed by atoms with Crippen LogP contribution < -0.4 is 4.74 Å². The van der Waals surface area contributed by atoms with Crippen LogP contribution in [0.3, 0.4) is 0 Å². The molecule has 1 N–H and O–H groups in total. The van der Waals surface area contributed by atoms with Crippen molar-refractivity contribution in [3.8, 4) is 17.0 Å². The topological polar surface area (TPSA) is 89.6 Å². The summed E-state index contributed by atoms with van der Waals surface area (Å²) < 4.78 is 16.1. The van der Waals surface area contributed by atoms with Gasteiger partial charge in [-0.05, 0) is 45.0 Å². The van der Waals surface area contributed by atoms with Gasteiger partial charge in [-0.25, -0.2) is 4.79 Å². The molecule has 4 rings (SSSR count). The van der Waals surface area contributed by atoms with Gasteiger partial charge in [0, 0.05) is 37.4 Å². The molecule has 0 aliphatic carbocycles. The van der Waals surface area contributed by atoms with Gasteiger partial charge in [0.25, 0.3) is 0 Å². The Morgan fingerprint density at radius 3 is 2.70 bits per heavy atom. The predicted molar refractivity (Wildman–Crippen MR) is 112 cm³/mol. The van der Waals surface area contributed by atoms with Crippen molar-refractivity contribution in [2.24, 2.45) is 0 Å². The van der Waals surface area contributed by atoms with Crippen molar-refractivity contribution >= 4 is 17.1 Å². The molecule has 1 aliphatic heterocycles. The highest BCUT2D eigenvalue weighted by molar-refractivity contribution is 5.81. The fourth-order valence-corrected chi connectivity index (χ4v) is 3.38. The summed E-state index contributed by atoms with van der Waals surface area (Å²) in [5, 5.41) is 8.74. The van der Waals surface area contributed by atoms with E-state index < -0.39 is 5.60 Å². The number of likely N-dealkylation sites (tertiary alicyclic amines) is 1. The average Bonchev–Trinajstić information content (AvgIpc) is 3.06. The highest BCUT2D eigenvalue weighted by Gasteiger charge is 2.35. The summed E-state index contributed by atoms with van der Waals surface area (Å²) in [5.74, 6) is 0.916. The lowest BCUT2D eigenvalue weighted by Crippen LogP contribution is -2.50. The maximum Gasteiger partial charge on any atom is 0.410 e. The number of amides is 1. The average molecular weight is 410 g/mol. The lowest BCUT2D eigenvalue weighted by atomic mass is 9.97. The van der Waals surface area contributed by atoms with Gasteiger partial charge < -0.3 is 24.1 Å². The molecule has 0 radical (unpaired) electrons. The van der Waals surface area contributed by atoms with Crippen molar-refractivity contribution in [1.29, 1.82) is 0 Å². The van der Waals surface area contributed by atoms with Gasteiger partial charge >= 0.3 is 6.09 Å². The zero-order valence-corrected chi connectivity index (χ0v) is 17.6. The maximum absolute atomic E-state index is 12.1. The number of para-hydroxylation sites is 1. The Morgan fingerprint density at radius 2 is 1.97 bits per heavy atom. The summed E-state index contributed by atoms with van der Waals surface area (Å²) in [7, 11) is 1.58. The largest absolute Gasteiger partial charge is 0.467 e. The molecule has 2 aromatic heterocycles. The highest BCUT2D eigenvalue weighted by Crippen LogP contribution is 2.32. The Morgan fingerprint density at radius 1 is 1.20 bits per heavy atom. The number of methoxy groups -OCH3 is 1. The number of carbonyl (C=O) groups is 1. The molecule has 1 fully saturated rings. The fourth-order valence-electron chi connectivity index (χ4n) is 3.38. The second-order valence-corrected chi connectivity index (χ2v) is 8.38. The molecule has 3 aromatic rings. The predicted octanol–water partition coefficient (Wildman–Crippen LogP) is 3.94. The molecule has 0 spiro atoms. The second kappa shape index (κ2) is 7.95. The van der Waals surface area contributed by atoms with Gasteiger partial charge in [-0.2, -0.15) is 0 Å². The van der Waals surface area contributed by atoms with E-state index in [0.717, 1.165) is 22.3 Å². The van der Waals surface area contributed by atoms with Gasteiger partial charge in [-0.15, -0.1) is 10.2 Å². The molecule has 1 saturated heterocycles. The van der Waals surface area contributed by atoms with Crippen molar-refractivity contribution < 1.29 is 19.0 Å². The number of H-pyrrole nitrogens is 1. The molecule has 1 aliphatic rings. The van der Waals surface area contributed by atoms with Crippen molar-refractivity contribution in [3.63, 3.8) is 0 Å². The van der Waals surface area contributed by atoms with Crippen LogP contribution in [-0.4, -0.2) is 58.8 Å². The molecule has 1 aromatic carbocycles. The van der Waals surface area contributed by atoms with Gasteiger partial charge in [0.1, 0.15) is 16.9 Å². The van der Waals surface area contributed by atoms with E-state index in [4.69, 9.17) is 14.2 Å². The summed E-state index contributed by atoms with van der Waals surface area (Å²) in [6, 6.07) is 11.6. The van der Waals surface area contributed by atoms with Crippen LogP contribution in [0.4, 0.5) is 4.79 Å². The standard InChI is InChI=1S/C22H26N4O4/c1-22(2,3)30-21(27)26-11-14(12-26)16-9-19-18(23-16)10-17(24-25-19)15-7-5-6-8-20(15)29-13-28-4/h5-10,14,23H,11-13H2,1-4H3. The van der Waals surface area contributed by atoms with Crippen LogP contribution in [-0.2, 0) is 9.47 Å². The summed E-state index contributed by atoms with van der Waals surface area (Å²) >= 11 is 0. The maximum atomic E-state index is 12.1. The lowest BCUT2D eigenvalue weighted by molar-refractivity contribution is 0.00793. The number of aromatic amines is 1. The SMILES string of the molecule is COCOc1ccccc1-c1cc2[nH]c(C3CN(C(=O)OC(C)(C)C)C3)cc2nn1. The second-order valence-electron chi connectivity index (χ2n) is 8.38. The van der Waals surface area contributed by atoms with Crippen LogP contribution in [0.5, 0.6) is 5.75 Å². The lowest BCUT2D eigenvalue weighted by Gasteiger charge is -2.39. The fraction of sp³-hybridized carbons (Fsp3) is 0.409. The molecular formula is C22H26N4O4. The molecule has 0 saturated carbocycles. The highest BCUT2D eigenvalue weighted by atomic mass is 16.7. The van der Waals surface area contributed by atoms with E-state index in [2.05, 4.69) is 15.2 Å². The number of nitrogens with zero attached hydrogens (tertiary/aromatic N) is 3. The first kappa shape index (κ1) is 20.2. The molecule has 0 bridgehead atoms. The number of carbonyl (C=O) groups excluding carboxylic acids is 1. The number of ether oxygens (including phenoxy) is 3. The third-order valence-electron chi connectivity index (χ3n) is 4.86. The molecule has 8 nitrogen and oxygen atoms in total. The van der Waals surface area contributed by atoms with Gasteiger partial charge in [0.05, 0.1) is 11.2 Å². The van der Waals surface area contributed by atoms with E-state index in [0.29, 0.717) is 24.5 Å². The van der Waals surface area contributed by atoms with Crippen LogP contribution in [0.1, 0.15) is 32.4 Å². The van der Waals surface area contributed by atoms with Gasteiger partial charge in [0.2, 0.25) is 0 Å². The van der Waals surface area contributed by atoms with Crippen LogP contribution in [0, 0.1) is 0 Å². The van der Waals surface area contributed by atoms with Gasteiger partial charge in [-0.3, -0.25) is 0 Å². The Labute approximate surface area is 175 Å². The number of hydrogen-bond donors (Lipinski definition) is 1. The Balaban J connectivity index is 1.50.